The van der Waals surface area contributed by atoms with Crippen LogP contribution in [0.5, 0.6) is 17.2 Å². The van der Waals surface area contributed by atoms with Gasteiger partial charge in [-0.2, -0.15) is 0 Å². The SMILES string of the molecule is COC(=O)C1O[C@@H](Oc2cc3oc(-c4ccccc4)cc(=O)c3c(O)c2O)[C@H](O)[C@@H](O)[C@@H]1O. The van der Waals surface area contributed by atoms with Crippen LogP contribution in [0.25, 0.3) is 22.3 Å². The number of aliphatic hydroxyl groups excluding tert-OH is 3. The highest BCUT2D eigenvalue weighted by atomic mass is 16.7. The minimum Gasteiger partial charge on any atom is -0.504 e. The van der Waals surface area contributed by atoms with E-state index in [4.69, 9.17) is 13.9 Å². The lowest BCUT2D eigenvalue weighted by atomic mass is 9.99. The summed E-state index contributed by atoms with van der Waals surface area (Å²) < 4.78 is 20.8. The summed E-state index contributed by atoms with van der Waals surface area (Å²) in [6.45, 7) is 0. The summed E-state index contributed by atoms with van der Waals surface area (Å²) in [5.41, 5.74) is -0.203. The fraction of sp³-hybridized carbons (Fsp3) is 0.273. The molecule has 11 nitrogen and oxygen atoms in total. The monoisotopic (exact) mass is 460 g/mol. The molecule has 1 unspecified atom stereocenters. The zero-order chi connectivity index (χ0) is 23.9. The molecule has 33 heavy (non-hydrogen) atoms. The number of aromatic hydroxyl groups is 2. The second kappa shape index (κ2) is 8.71. The van der Waals surface area contributed by atoms with E-state index in [2.05, 4.69) is 4.74 Å². The molecule has 3 aromatic rings. The number of ether oxygens (including phenoxy) is 3. The molecule has 1 aliphatic heterocycles. The van der Waals surface area contributed by atoms with Crippen LogP contribution in [0.3, 0.4) is 0 Å². The highest BCUT2D eigenvalue weighted by Gasteiger charge is 2.48. The number of hydrogen-bond acceptors (Lipinski definition) is 11. The van der Waals surface area contributed by atoms with Crippen LogP contribution < -0.4 is 10.2 Å². The van der Waals surface area contributed by atoms with Gasteiger partial charge in [-0.15, -0.1) is 0 Å². The van der Waals surface area contributed by atoms with Crippen LogP contribution in [0, 0.1) is 0 Å². The number of phenolic OH excluding ortho intramolecular Hbond substituents is 2. The van der Waals surface area contributed by atoms with Gasteiger partial charge in [0, 0.05) is 17.7 Å². The molecule has 0 amide bonds. The molecule has 4 rings (SSSR count). The minimum atomic E-state index is -1.85. The maximum absolute atomic E-state index is 12.6. The topological polar surface area (TPSA) is 176 Å². The quantitative estimate of drug-likeness (QED) is 0.266. The molecular weight excluding hydrogens is 440 g/mol. The number of rotatable bonds is 4. The average molecular weight is 460 g/mol. The molecule has 0 saturated carbocycles. The van der Waals surface area contributed by atoms with E-state index >= 15 is 0 Å². The average Bonchev–Trinajstić information content (AvgIpc) is 2.82. The fourth-order valence-electron chi connectivity index (χ4n) is 3.49. The number of fused-ring (bicyclic) bond motifs is 1. The molecule has 1 aromatic heterocycles. The summed E-state index contributed by atoms with van der Waals surface area (Å²) in [5.74, 6) is -3.04. The molecular formula is C22H20O11. The Balaban J connectivity index is 1.75. The smallest absolute Gasteiger partial charge is 0.337 e. The maximum Gasteiger partial charge on any atom is 0.337 e. The number of carbonyl (C=O) groups excluding carboxylic acids is 1. The van der Waals surface area contributed by atoms with Crippen molar-refractivity contribution >= 4 is 16.9 Å². The van der Waals surface area contributed by atoms with Crippen molar-refractivity contribution in [2.45, 2.75) is 30.7 Å². The van der Waals surface area contributed by atoms with Crippen molar-refractivity contribution in [3.05, 3.63) is 52.7 Å². The molecule has 11 heteroatoms. The first-order chi connectivity index (χ1) is 15.7. The molecule has 0 radical (unpaired) electrons. The molecule has 1 saturated heterocycles. The van der Waals surface area contributed by atoms with Gasteiger partial charge in [0.1, 0.15) is 35.0 Å². The van der Waals surface area contributed by atoms with Crippen LogP contribution in [-0.4, -0.2) is 69.3 Å². The van der Waals surface area contributed by atoms with Crippen LogP contribution in [0.4, 0.5) is 0 Å². The molecule has 2 aromatic carbocycles. The Bertz CT molecular complexity index is 1240. The predicted octanol–water partition coefficient (Wildman–Crippen LogP) is 0.231. The second-order valence-corrected chi connectivity index (χ2v) is 7.32. The van der Waals surface area contributed by atoms with Gasteiger partial charge < -0.3 is 44.2 Å². The molecule has 0 spiro atoms. The second-order valence-electron chi connectivity index (χ2n) is 7.32. The number of aliphatic hydroxyl groups is 3. The number of carbonyl (C=O) groups is 1. The van der Waals surface area contributed by atoms with E-state index in [-0.39, 0.29) is 16.7 Å². The van der Waals surface area contributed by atoms with Gasteiger partial charge in [0.25, 0.3) is 0 Å². The molecule has 5 atom stereocenters. The van der Waals surface area contributed by atoms with E-state index in [1.54, 1.807) is 30.3 Å². The lowest BCUT2D eigenvalue weighted by molar-refractivity contribution is -0.272. The molecule has 174 valence electrons. The van der Waals surface area contributed by atoms with E-state index in [0.717, 1.165) is 19.2 Å². The van der Waals surface area contributed by atoms with Crippen LogP contribution in [-0.2, 0) is 14.3 Å². The fourth-order valence-corrected chi connectivity index (χ4v) is 3.49. The van der Waals surface area contributed by atoms with E-state index in [0.29, 0.717) is 5.56 Å². The molecule has 1 fully saturated rings. The molecule has 0 aliphatic carbocycles. The van der Waals surface area contributed by atoms with Gasteiger partial charge in [-0.05, 0) is 0 Å². The highest BCUT2D eigenvalue weighted by molar-refractivity contribution is 5.89. The summed E-state index contributed by atoms with van der Waals surface area (Å²) in [7, 11) is 1.03. The Kier molecular flexibility index (Phi) is 5.95. The van der Waals surface area contributed by atoms with Crippen molar-refractivity contribution in [3.63, 3.8) is 0 Å². The van der Waals surface area contributed by atoms with E-state index < -0.39 is 59.4 Å². The number of esters is 1. The Morgan fingerprint density at radius 2 is 1.67 bits per heavy atom. The predicted molar refractivity (Wildman–Crippen MR) is 111 cm³/mol. The Hall–Kier alpha value is -3.64. The van der Waals surface area contributed by atoms with Gasteiger partial charge in [0.05, 0.1) is 7.11 Å². The zero-order valence-electron chi connectivity index (χ0n) is 17.1. The maximum atomic E-state index is 12.6. The van der Waals surface area contributed by atoms with Crippen molar-refractivity contribution in [2.24, 2.45) is 0 Å². The van der Waals surface area contributed by atoms with Crippen molar-refractivity contribution < 1.29 is 49.0 Å². The first-order valence-electron chi connectivity index (χ1n) is 9.75. The third kappa shape index (κ3) is 3.98. The van der Waals surface area contributed by atoms with Crippen molar-refractivity contribution in [2.75, 3.05) is 7.11 Å². The summed E-state index contributed by atoms with van der Waals surface area (Å²) in [6, 6.07) is 10.9. The largest absolute Gasteiger partial charge is 0.504 e. The summed E-state index contributed by atoms with van der Waals surface area (Å²) in [4.78, 5) is 24.4. The van der Waals surface area contributed by atoms with Crippen LogP contribution >= 0.6 is 0 Å². The summed E-state index contributed by atoms with van der Waals surface area (Å²) in [6.07, 6.45) is -8.97. The third-order valence-electron chi connectivity index (χ3n) is 5.24. The lowest BCUT2D eigenvalue weighted by Crippen LogP contribution is -2.61. The van der Waals surface area contributed by atoms with E-state index in [1.807, 2.05) is 0 Å². The number of hydrogen-bond donors (Lipinski definition) is 5. The van der Waals surface area contributed by atoms with Crippen molar-refractivity contribution in [1.29, 1.82) is 0 Å². The molecule has 1 aliphatic rings. The minimum absolute atomic E-state index is 0.151. The molecule has 5 N–H and O–H groups in total. The normalized spacial score (nSPS) is 25.0. The lowest BCUT2D eigenvalue weighted by Gasteiger charge is -2.38. The zero-order valence-corrected chi connectivity index (χ0v) is 17.1. The van der Waals surface area contributed by atoms with Crippen LogP contribution in [0.15, 0.2) is 51.7 Å². The Labute approximate surface area is 185 Å². The summed E-state index contributed by atoms with van der Waals surface area (Å²) >= 11 is 0. The number of methoxy groups -OCH3 is 1. The Morgan fingerprint density at radius 3 is 2.33 bits per heavy atom. The Morgan fingerprint density at radius 1 is 0.970 bits per heavy atom. The van der Waals surface area contributed by atoms with Crippen molar-refractivity contribution in [1.82, 2.24) is 0 Å². The number of benzene rings is 2. The van der Waals surface area contributed by atoms with Gasteiger partial charge in [0.15, 0.2) is 23.0 Å². The van der Waals surface area contributed by atoms with E-state index in [1.165, 1.54) is 0 Å². The molecule has 0 bridgehead atoms. The standard InChI is InChI=1S/C22H20O11/c1-30-21(29)20-18(27)17(26)19(28)22(33-20)32-13-8-12-14(16(25)15(13)24)10(23)7-11(31-12)9-5-3-2-4-6-9/h2-8,17-20,22,24-28H,1H3/t17-,18-,19+,20?,22+/m0/s1. The van der Waals surface area contributed by atoms with Crippen LogP contribution in [0.2, 0.25) is 0 Å². The first kappa shape index (κ1) is 22.6. The van der Waals surface area contributed by atoms with Crippen LogP contribution in [0.1, 0.15) is 0 Å². The van der Waals surface area contributed by atoms with Gasteiger partial charge in [-0.1, -0.05) is 30.3 Å². The number of phenols is 2. The van der Waals surface area contributed by atoms with Gasteiger partial charge >= 0.3 is 5.97 Å². The first-order valence-corrected chi connectivity index (χ1v) is 9.75. The van der Waals surface area contributed by atoms with Crippen molar-refractivity contribution in [3.8, 4) is 28.6 Å². The van der Waals surface area contributed by atoms with Gasteiger partial charge in [0.2, 0.25) is 12.0 Å². The van der Waals surface area contributed by atoms with Gasteiger partial charge in [-0.3, -0.25) is 4.79 Å². The molecule has 2 heterocycles. The summed E-state index contributed by atoms with van der Waals surface area (Å²) in [5, 5.41) is 50.7. The third-order valence-corrected chi connectivity index (χ3v) is 5.24. The van der Waals surface area contributed by atoms with Gasteiger partial charge in [-0.25, -0.2) is 4.79 Å². The highest BCUT2D eigenvalue weighted by Crippen LogP contribution is 2.42. The van der Waals surface area contributed by atoms with E-state index in [9.17, 15) is 35.1 Å².